The van der Waals surface area contributed by atoms with E-state index < -0.39 is 16.1 Å². The summed E-state index contributed by atoms with van der Waals surface area (Å²) in [6, 6.07) is 3.59. The molecule has 1 amide bonds. The van der Waals surface area contributed by atoms with Gasteiger partial charge in [-0.05, 0) is 44.9 Å². The smallest absolute Gasteiger partial charge is 0.309 e. The van der Waals surface area contributed by atoms with Crippen LogP contribution in [-0.2, 0) is 24.3 Å². The Morgan fingerprint density at radius 3 is 2.41 bits per heavy atom. The van der Waals surface area contributed by atoms with Gasteiger partial charge in [0.1, 0.15) is 11.8 Å². The third-order valence-corrected chi connectivity index (χ3v) is 6.42. The van der Waals surface area contributed by atoms with E-state index in [2.05, 4.69) is 0 Å². The quantitative estimate of drug-likeness (QED) is 0.596. The number of hydrogen-bond acceptors (Lipinski definition) is 6. The van der Waals surface area contributed by atoms with Crippen LogP contribution in [0, 0.1) is 5.92 Å². The second-order valence-electron chi connectivity index (χ2n) is 6.91. The Bertz CT molecular complexity index is 852. The highest BCUT2D eigenvalue weighted by atomic mass is 35.5. The van der Waals surface area contributed by atoms with Crippen LogP contribution in [0.25, 0.3) is 0 Å². The standard InChI is InChI=1S/C19H27ClN2O6S/c1-5-28-19(24)14-8-10-21(11-9-14)18(23)13(2)22(29(4,25)26)15-6-7-17(27-3)16(20)12-15/h6-7,12-14H,5,8-11H2,1-4H3/t13-/m1/s1. The van der Waals surface area contributed by atoms with Crippen LogP contribution >= 0.6 is 11.6 Å². The van der Waals surface area contributed by atoms with E-state index in [1.807, 2.05) is 0 Å². The number of likely N-dealkylation sites (tertiary alicyclic amines) is 1. The molecule has 0 bridgehead atoms. The minimum Gasteiger partial charge on any atom is -0.495 e. The third kappa shape index (κ3) is 5.54. The zero-order chi connectivity index (χ0) is 21.8. The first-order chi connectivity index (χ1) is 13.6. The maximum Gasteiger partial charge on any atom is 0.309 e. The summed E-state index contributed by atoms with van der Waals surface area (Å²) < 4.78 is 36.1. The highest BCUT2D eigenvalue weighted by Gasteiger charge is 2.35. The van der Waals surface area contributed by atoms with Gasteiger partial charge in [0.25, 0.3) is 0 Å². The maximum absolute atomic E-state index is 13.0. The molecular formula is C19H27ClN2O6S. The average molecular weight is 447 g/mol. The minimum atomic E-state index is -3.76. The number of ether oxygens (including phenoxy) is 2. The van der Waals surface area contributed by atoms with Crippen LogP contribution in [0.15, 0.2) is 18.2 Å². The Balaban J connectivity index is 2.18. The number of benzene rings is 1. The molecule has 1 heterocycles. The number of anilines is 1. The van der Waals surface area contributed by atoms with Gasteiger partial charge in [0.15, 0.2) is 0 Å². The molecule has 0 unspecified atom stereocenters. The molecule has 1 saturated heterocycles. The second kappa shape index (κ2) is 9.67. The molecule has 1 aliphatic rings. The first kappa shape index (κ1) is 23.3. The molecule has 1 fully saturated rings. The molecule has 1 atom stereocenters. The summed E-state index contributed by atoms with van der Waals surface area (Å²) in [5.74, 6) is -0.410. The molecule has 1 aromatic rings. The summed E-state index contributed by atoms with van der Waals surface area (Å²) in [6.07, 6.45) is 2.02. The number of sulfonamides is 1. The number of carbonyl (C=O) groups excluding carboxylic acids is 2. The average Bonchev–Trinajstić information content (AvgIpc) is 2.67. The van der Waals surface area contributed by atoms with Gasteiger partial charge >= 0.3 is 5.97 Å². The maximum atomic E-state index is 13.0. The van der Waals surface area contributed by atoms with Gasteiger partial charge in [-0.15, -0.1) is 0 Å². The first-order valence-electron chi connectivity index (χ1n) is 9.38. The number of amides is 1. The molecule has 0 saturated carbocycles. The van der Waals surface area contributed by atoms with E-state index in [0.29, 0.717) is 38.3 Å². The lowest BCUT2D eigenvalue weighted by molar-refractivity contribution is -0.151. The van der Waals surface area contributed by atoms with Gasteiger partial charge in [-0.1, -0.05) is 11.6 Å². The molecule has 162 valence electrons. The summed E-state index contributed by atoms with van der Waals surface area (Å²) in [4.78, 5) is 26.5. The minimum absolute atomic E-state index is 0.235. The Hall–Kier alpha value is -2.00. The molecule has 2 rings (SSSR count). The van der Waals surface area contributed by atoms with Gasteiger partial charge in [-0.2, -0.15) is 0 Å². The van der Waals surface area contributed by atoms with Crippen molar-refractivity contribution in [3.63, 3.8) is 0 Å². The lowest BCUT2D eigenvalue weighted by Crippen LogP contribution is -2.51. The molecule has 29 heavy (non-hydrogen) atoms. The normalized spacial score (nSPS) is 16.2. The summed E-state index contributed by atoms with van der Waals surface area (Å²) >= 11 is 6.14. The number of esters is 1. The summed E-state index contributed by atoms with van der Waals surface area (Å²) in [5.41, 5.74) is 0.278. The lowest BCUT2D eigenvalue weighted by Gasteiger charge is -2.36. The van der Waals surface area contributed by atoms with E-state index in [1.165, 1.54) is 13.2 Å². The van der Waals surface area contributed by atoms with Crippen molar-refractivity contribution in [3.05, 3.63) is 23.2 Å². The molecule has 8 nitrogen and oxygen atoms in total. The van der Waals surface area contributed by atoms with Gasteiger partial charge < -0.3 is 14.4 Å². The van der Waals surface area contributed by atoms with Gasteiger partial charge in [0.2, 0.25) is 15.9 Å². The van der Waals surface area contributed by atoms with Crippen molar-refractivity contribution < 1.29 is 27.5 Å². The van der Waals surface area contributed by atoms with Crippen molar-refractivity contribution in [2.75, 3.05) is 37.4 Å². The number of methoxy groups -OCH3 is 1. The number of carbonyl (C=O) groups is 2. The molecule has 0 radical (unpaired) electrons. The van der Waals surface area contributed by atoms with Crippen LogP contribution < -0.4 is 9.04 Å². The molecule has 1 aromatic carbocycles. The predicted octanol–water partition coefficient (Wildman–Crippen LogP) is 2.30. The highest BCUT2D eigenvalue weighted by molar-refractivity contribution is 7.92. The molecule has 0 aliphatic carbocycles. The van der Waals surface area contributed by atoms with E-state index in [9.17, 15) is 18.0 Å². The first-order valence-corrected chi connectivity index (χ1v) is 11.6. The van der Waals surface area contributed by atoms with E-state index in [-0.39, 0.29) is 28.5 Å². The largest absolute Gasteiger partial charge is 0.495 e. The third-order valence-electron chi connectivity index (χ3n) is 4.88. The lowest BCUT2D eigenvalue weighted by atomic mass is 9.96. The van der Waals surface area contributed by atoms with Crippen LogP contribution in [0.5, 0.6) is 5.75 Å². The van der Waals surface area contributed by atoms with Crippen LogP contribution in [0.2, 0.25) is 5.02 Å². The number of halogens is 1. The van der Waals surface area contributed by atoms with E-state index in [4.69, 9.17) is 21.1 Å². The number of rotatable bonds is 7. The number of piperidine rings is 1. The summed E-state index contributed by atoms with van der Waals surface area (Å²) in [5, 5.41) is 0.244. The van der Waals surface area contributed by atoms with E-state index in [1.54, 1.807) is 30.9 Å². The fourth-order valence-electron chi connectivity index (χ4n) is 3.45. The Labute approximate surface area is 176 Å². The van der Waals surface area contributed by atoms with Crippen molar-refractivity contribution in [2.45, 2.75) is 32.7 Å². The number of nitrogens with zero attached hydrogens (tertiary/aromatic N) is 2. The Morgan fingerprint density at radius 2 is 1.93 bits per heavy atom. The zero-order valence-electron chi connectivity index (χ0n) is 17.1. The van der Waals surface area contributed by atoms with Crippen molar-refractivity contribution in [1.82, 2.24) is 4.90 Å². The van der Waals surface area contributed by atoms with Gasteiger partial charge in [0, 0.05) is 13.1 Å². The molecule has 0 N–H and O–H groups in total. The van der Waals surface area contributed by atoms with Gasteiger partial charge in [0.05, 0.1) is 36.6 Å². The zero-order valence-corrected chi connectivity index (χ0v) is 18.6. The predicted molar refractivity (Wildman–Crippen MR) is 111 cm³/mol. The molecular weight excluding hydrogens is 420 g/mol. The fourth-order valence-corrected chi connectivity index (χ4v) is 4.87. The highest BCUT2D eigenvalue weighted by Crippen LogP contribution is 2.32. The Kier molecular flexibility index (Phi) is 7.76. The topological polar surface area (TPSA) is 93.2 Å². The number of hydrogen-bond donors (Lipinski definition) is 0. The summed E-state index contributed by atoms with van der Waals surface area (Å²) in [7, 11) is -2.30. The monoisotopic (exact) mass is 446 g/mol. The van der Waals surface area contributed by atoms with Gasteiger partial charge in [-0.25, -0.2) is 8.42 Å². The van der Waals surface area contributed by atoms with E-state index >= 15 is 0 Å². The van der Waals surface area contributed by atoms with Crippen molar-refractivity contribution >= 4 is 39.2 Å². The molecule has 0 spiro atoms. The van der Waals surface area contributed by atoms with Crippen molar-refractivity contribution in [3.8, 4) is 5.75 Å². The Morgan fingerprint density at radius 1 is 1.31 bits per heavy atom. The van der Waals surface area contributed by atoms with E-state index in [0.717, 1.165) is 10.6 Å². The molecule has 0 aromatic heterocycles. The molecule has 10 heteroatoms. The van der Waals surface area contributed by atoms with Crippen molar-refractivity contribution in [1.29, 1.82) is 0 Å². The fraction of sp³-hybridized carbons (Fsp3) is 0.579. The van der Waals surface area contributed by atoms with Crippen LogP contribution in [-0.4, -0.2) is 64.3 Å². The second-order valence-corrected chi connectivity index (χ2v) is 9.17. The van der Waals surface area contributed by atoms with Crippen LogP contribution in [0.4, 0.5) is 5.69 Å². The SMILES string of the molecule is CCOC(=O)C1CCN(C(=O)[C@@H](C)N(c2ccc(OC)c(Cl)c2)S(C)(=O)=O)CC1. The van der Waals surface area contributed by atoms with Gasteiger partial charge in [-0.3, -0.25) is 13.9 Å². The van der Waals surface area contributed by atoms with Crippen LogP contribution in [0.3, 0.4) is 0 Å². The summed E-state index contributed by atoms with van der Waals surface area (Å²) in [6.45, 7) is 4.35. The molecule has 1 aliphatic heterocycles. The van der Waals surface area contributed by atoms with Crippen LogP contribution in [0.1, 0.15) is 26.7 Å². The van der Waals surface area contributed by atoms with Crippen molar-refractivity contribution in [2.24, 2.45) is 5.92 Å².